The van der Waals surface area contributed by atoms with Crippen LogP contribution in [0.25, 0.3) is 0 Å². The van der Waals surface area contributed by atoms with Gasteiger partial charge in [0.15, 0.2) is 0 Å². The lowest BCUT2D eigenvalue weighted by Gasteiger charge is -2.46. The summed E-state index contributed by atoms with van der Waals surface area (Å²) in [7, 11) is 4.30. The summed E-state index contributed by atoms with van der Waals surface area (Å²) >= 11 is 0. The number of carbonyl (C=O) groups excluding carboxylic acids is 1. The zero-order valence-corrected chi connectivity index (χ0v) is 19.7. The first-order valence-electron chi connectivity index (χ1n) is 11.9. The molecule has 1 aromatic carbocycles. The predicted molar refractivity (Wildman–Crippen MR) is 129 cm³/mol. The predicted octanol–water partition coefficient (Wildman–Crippen LogP) is 2.66. The molecule has 5 rings (SSSR count). The van der Waals surface area contributed by atoms with Crippen LogP contribution >= 0.6 is 0 Å². The van der Waals surface area contributed by atoms with E-state index in [0.29, 0.717) is 31.5 Å². The van der Waals surface area contributed by atoms with Crippen LogP contribution in [-0.2, 0) is 10.2 Å². The van der Waals surface area contributed by atoms with Gasteiger partial charge in [-0.15, -0.1) is 0 Å². The van der Waals surface area contributed by atoms with Crippen LogP contribution < -0.4 is 15.1 Å². The average molecular weight is 451 g/mol. The number of nitrogens with zero attached hydrogens (tertiary/aromatic N) is 5. The number of likely N-dealkylation sites (N-methyl/N-ethyl adjacent to an activating group) is 1. The van der Waals surface area contributed by atoms with Gasteiger partial charge in [0.1, 0.15) is 5.82 Å². The molecule has 0 radical (unpaired) electrons. The normalized spacial score (nSPS) is 27.9. The van der Waals surface area contributed by atoms with Crippen LogP contribution in [0.3, 0.4) is 0 Å². The van der Waals surface area contributed by atoms with E-state index >= 15 is 0 Å². The van der Waals surface area contributed by atoms with E-state index in [0.717, 1.165) is 45.3 Å². The summed E-state index contributed by atoms with van der Waals surface area (Å²) in [6, 6.07) is 12.7. The van der Waals surface area contributed by atoms with Crippen molar-refractivity contribution in [3.8, 4) is 0 Å². The Bertz CT molecular complexity index is 968. The maximum Gasteiger partial charge on any atom is 0.323 e. The highest BCUT2D eigenvalue weighted by Gasteiger charge is 2.49. The Hall–Kier alpha value is -2.71. The lowest BCUT2D eigenvalue weighted by atomic mass is 9.64. The number of amides is 2. The molecule has 2 saturated heterocycles. The summed E-state index contributed by atoms with van der Waals surface area (Å²) in [6.07, 6.45) is 5.76. The minimum Gasteiger partial charge on any atom is -0.378 e. The van der Waals surface area contributed by atoms with E-state index in [2.05, 4.69) is 64.5 Å². The Balaban J connectivity index is 1.33. The van der Waals surface area contributed by atoms with Gasteiger partial charge in [0.25, 0.3) is 0 Å². The lowest BCUT2D eigenvalue weighted by Crippen LogP contribution is -2.52. The Morgan fingerprint density at radius 2 is 1.79 bits per heavy atom. The molecule has 0 bridgehead atoms. The fourth-order valence-electron chi connectivity index (χ4n) is 5.72. The number of carbonyl (C=O) groups is 1. The van der Waals surface area contributed by atoms with E-state index in [1.54, 1.807) is 11.1 Å². The molecule has 3 fully saturated rings. The second-order valence-electron chi connectivity index (χ2n) is 10.00. The summed E-state index contributed by atoms with van der Waals surface area (Å²) in [4.78, 5) is 28.4. The van der Waals surface area contributed by atoms with Gasteiger partial charge in [-0.3, -0.25) is 4.90 Å². The number of benzene rings is 1. The Morgan fingerprint density at radius 3 is 2.48 bits per heavy atom. The van der Waals surface area contributed by atoms with Gasteiger partial charge in [0.2, 0.25) is 5.95 Å². The first-order chi connectivity index (χ1) is 16.0. The largest absolute Gasteiger partial charge is 0.378 e. The zero-order chi connectivity index (χ0) is 22.9. The van der Waals surface area contributed by atoms with Gasteiger partial charge in [-0.2, -0.15) is 4.98 Å². The second-order valence-corrected chi connectivity index (χ2v) is 10.00. The van der Waals surface area contributed by atoms with Crippen molar-refractivity contribution >= 4 is 17.8 Å². The minimum atomic E-state index is -0.203. The molecule has 3 aliphatic rings. The molecule has 8 heteroatoms. The number of urea groups is 1. The molecule has 0 atom stereocenters. The molecule has 1 spiro atoms. The van der Waals surface area contributed by atoms with Crippen molar-refractivity contribution in [3.05, 3.63) is 48.2 Å². The van der Waals surface area contributed by atoms with E-state index in [1.165, 1.54) is 5.56 Å². The van der Waals surface area contributed by atoms with Gasteiger partial charge in [-0.1, -0.05) is 30.3 Å². The minimum absolute atomic E-state index is 0.0542. The van der Waals surface area contributed by atoms with Crippen LogP contribution in [0.4, 0.5) is 16.6 Å². The van der Waals surface area contributed by atoms with Crippen LogP contribution in [0.5, 0.6) is 0 Å². The third-order valence-electron chi connectivity index (χ3n) is 7.45. The number of rotatable bonds is 5. The number of nitrogens with one attached hydrogen (secondary N) is 1. The van der Waals surface area contributed by atoms with Crippen molar-refractivity contribution in [2.45, 2.75) is 36.6 Å². The van der Waals surface area contributed by atoms with E-state index in [-0.39, 0.29) is 17.0 Å². The van der Waals surface area contributed by atoms with Crippen LogP contribution in [-0.4, -0.2) is 79.9 Å². The molecule has 176 valence electrons. The molecule has 2 amide bonds. The standard InChI is InChI=1S/C25H34N6O2/c1-29(2)18-24(20-6-4-3-5-7-20)9-11-25(12-10-24)19-31(23(32)28-25)21-8-13-26-22(27-21)30-14-16-33-17-15-30/h3-8,13H,9-12,14-19H2,1-2H3,(H,28,32). The molecule has 2 aliphatic heterocycles. The fourth-order valence-corrected chi connectivity index (χ4v) is 5.72. The van der Waals surface area contributed by atoms with Crippen molar-refractivity contribution in [1.29, 1.82) is 0 Å². The smallest absolute Gasteiger partial charge is 0.323 e. The number of morpholine rings is 1. The Morgan fingerprint density at radius 1 is 1.06 bits per heavy atom. The number of hydrogen-bond acceptors (Lipinski definition) is 6. The number of hydrogen-bond donors (Lipinski definition) is 1. The topological polar surface area (TPSA) is 73.8 Å². The molecule has 1 saturated carbocycles. The summed E-state index contributed by atoms with van der Waals surface area (Å²) in [5.74, 6) is 1.34. The average Bonchev–Trinajstić information content (AvgIpc) is 3.18. The summed E-state index contributed by atoms with van der Waals surface area (Å²) < 4.78 is 5.44. The number of aromatic nitrogens is 2. The van der Waals surface area contributed by atoms with Crippen molar-refractivity contribution in [1.82, 2.24) is 20.2 Å². The van der Waals surface area contributed by atoms with Gasteiger partial charge in [0, 0.05) is 31.2 Å². The van der Waals surface area contributed by atoms with Crippen LogP contribution in [0.15, 0.2) is 42.6 Å². The van der Waals surface area contributed by atoms with E-state index < -0.39 is 0 Å². The zero-order valence-electron chi connectivity index (χ0n) is 19.7. The SMILES string of the molecule is CN(C)CC1(c2ccccc2)CCC2(CC1)CN(c1ccnc(N3CCOCC3)n1)C(=O)N2. The highest BCUT2D eigenvalue weighted by atomic mass is 16.5. The van der Waals surface area contributed by atoms with Crippen LogP contribution in [0, 0.1) is 0 Å². The number of ether oxygens (including phenoxy) is 1. The van der Waals surface area contributed by atoms with Gasteiger partial charge in [0.05, 0.1) is 25.3 Å². The summed E-state index contributed by atoms with van der Waals surface area (Å²) in [5.41, 5.74) is 1.32. The number of anilines is 2. The van der Waals surface area contributed by atoms with E-state index in [1.807, 2.05) is 6.07 Å². The summed E-state index contributed by atoms with van der Waals surface area (Å²) in [5, 5.41) is 3.34. The molecule has 3 heterocycles. The molecule has 0 unspecified atom stereocenters. The molecular weight excluding hydrogens is 416 g/mol. The van der Waals surface area contributed by atoms with Crippen molar-refractivity contribution in [2.75, 3.05) is 63.3 Å². The van der Waals surface area contributed by atoms with E-state index in [9.17, 15) is 4.79 Å². The first kappa shape index (κ1) is 22.1. The third kappa shape index (κ3) is 4.42. The summed E-state index contributed by atoms with van der Waals surface area (Å²) in [6.45, 7) is 4.56. The van der Waals surface area contributed by atoms with Crippen LogP contribution in [0.2, 0.25) is 0 Å². The second kappa shape index (κ2) is 8.91. The molecular formula is C25H34N6O2. The van der Waals surface area contributed by atoms with Crippen molar-refractivity contribution in [3.63, 3.8) is 0 Å². The highest BCUT2D eigenvalue weighted by molar-refractivity contribution is 5.94. The first-order valence-corrected chi connectivity index (χ1v) is 11.9. The maximum atomic E-state index is 13.1. The molecule has 33 heavy (non-hydrogen) atoms. The Kier molecular flexibility index (Phi) is 5.97. The third-order valence-corrected chi connectivity index (χ3v) is 7.45. The molecule has 1 N–H and O–H groups in total. The van der Waals surface area contributed by atoms with Gasteiger partial charge in [-0.25, -0.2) is 9.78 Å². The molecule has 2 aromatic rings. The molecule has 8 nitrogen and oxygen atoms in total. The maximum absolute atomic E-state index is 13.1. The van der Waals surface area contributed by atoms with Gasteiger partial charge < -0.3 is 19.9 Å². The van der Waals surface area contributed by atoms with Crippen LogP contribution in [0.1, 0.15) is 31.2 Å². The quantitative estimate of drug-likeness (QED) is 0.755. The Labute approximate surface area is 195 Å². The lowest BCUT2D eigenvalue weighted by molar-refractivity contribution is 0.122. The molecule has 1 aliphatic carbocycles. The highest BCUT2D eigenvalue weighted by Crippen LogP contribution is 2.45. The molecule has 1 aromatic heterocycles. The van der Waals surface area contributed by atoms with Gasteiger partial charge >= 0.3 is 6.03 Å². The fraction of sp³-hybridized carbons (Fsp3) is 0.560. The monoisotopic (exact) mass is 450 g/mol. The van der Waals surface area contributed by atoms with E-state index in [4.69, 9.17) is 9.72 Å². The van der Waals surface area contributed by atoms with Crippen molar-refractivity contribution < 1.29 is 9.53 Å². The van der Waals surface area contributed by atoms with Crippen molar-refractivity contribution in [2.24, 2.45) is 0 Å². The van der Waals surface area contributed by atoms with Gasteiger partial charge in [-0.05, 0) is 51.4 Å².